The van der Waals surface area contributed by atoms with Gasteiger partial charge in [0.1, 0.15) is 0 Å². The number of hydrogen-bond acceptors (Lipinski definition) is 7. The Morgan fingerprint density at radius 3 is 2.71 bits per heavy atom. The van der Waals surface area contributed by atoms with Crippen LogP contribution in [0.4, 0.5) is 11.9 Å². The van der Waals surface area contributed by atoms with Crippen LogP contribution in [-0.2, 0) is 7.05 Å². The zero-order valence-corrected chi connectivity index (χ0v) is 16.6. The van der Waals surface area contributed by atoms with E-state index in [0.29, 0.717) is 11.9 Å². The molecular formula is C20H26N8. The Hall–Kier alpha value is -3.03. The molecule has 0 unspecified atom stereocenters. The number of rotatable bonds is 5. The molecule has 0 bridgehead atoms. The van der Waals surface area contributed by atoms with Crippen LogP contribution >= 0.6 is 0 Å². The molecule has 28 heavy (non-hydrogen) atoms. The van der Waals surface area contributed by atoms with Gasteiger partial charge in [-0.3, -0.25) is 4.68 Å². The molecule has 3 aromatic heterocycles. The summed E-state index contributed by atoms with van der Waals surface area (Å²) in [5, 5.41) is 7.92. The van der Waals surface area contributed by atoms with E-state index < -0.39 is 0 Å². The molecule has 4 heterocycles. The van der Waals surface area contributed by atoms with E-state index in [1.165, 1.54) is 6.42 Å². The number of hydrogen-bond donors (Lipinski definition) is 1. The molecule has 1 aliphatic heterocycles. The summed E-state index contributed by atoms with van der Waals surface area (Å²) < 4.78 is 1.89. The van der Waals surface area contributed by atoms with Crippen LogP contribution in [0.25, 0.3) is 11.3 Å². The standard InChI is InChI=1S/C20H26N8/c1-14-18(15(2)27(3)26-14)17-7-10-21-19(25-17)24-12-16-6-4-11-28(13-16)20-22-8-5-9-23-20/h5,7-10,16H,4,6,11-13H2,1-3H3,(H,21,24,25)/t16-/m0/s1. The molecule has 0 aromatic carbocycles. The summed E-state index contributed by atoms with van der Waals surface area (Å²) in [6.07, 6.45) is 7.72. The van der Waals surface area contributed by atoms with Gasteiger partial charge in [0.2, 0.25) is 11.9 Å². The minimum Gasteiger partial charge on any atom is -0.354 e. The predicted molar refractivity (Wildman–Crippen MR) is 109 cm³/mol. The lowest BCUT2D eigenvalue weighted by atomic mass is 9.98. The Kier molecular flexibility index (Phi) is 5.18. The number of anilines is 2. The molecule has 4 rings (SSSR count). The zero-order valence-electron chi connectivity index (χ0n) is 16.6. The van der Waals surface area contributed by atoms with E-state index >= 15 is 0 Å². The van der Waals surface area contributed by atoms with E-state index in [1.54, 1.807) is 12.4 Å². The topological polar surface area (TPSA) is 84.7 Å². The monoisotopic (exact) mass is 378 g/mol. The highest BCUT2D eigenvalue weighted by atomic mass is 15.3. The first-order valence-electron chi connectivity index (χ1n) is 9.71. The van der Waals surface area contributed by atoms with Crippen molar-refractivity contribution in [2.45, 2.75) is 26.7 Å². The summed E-state index contributed by atoms with van der Waals surface area (Å²) in [7, 11) is 1.96. The second kappa shape index (κ2) is 7.92. The maximum absolute atomic E-state index is 4.73. The van der Waals surface area contributed by atoms with Gasteiger partial charge in [-0.05, 0) is 44.7 Å². The van der Waals surface area contributed by atoms with Gasteiger partial charge in [-0.15, -0.1) is 0 Å². The van der Waals surface area contributed by atoms with Gasteiger partial charge < -0.3 is 10.2 Å². The lowest BCUT2D eigenvalue weighted by molar-refractivity contribution is 0.427. The van der Waals surface area contributed by atoms with Crippen LogP contribution in [0.5, 0.6) is 0 Å². The van der Waals surface area contributed by atoms with Gasteiger partial charge in [-0.1, -0.05) is 0 Å². The summed E-state index contributed by atoms with van der Waals surface area (Å²) in [5.41, 5.74) is 4.07. The van der Waals surface area contributed by atoms with Gasteiger partial charge in [0.05, 0.1) is 11.4 Å². The van der Waals surface area contributed by atoms with Crippen LogP contribution < -0.4 is 10.2 Å². The minimum atomic E-state index is 0.506. The van der Waals surface area contributed by atoms with Crippen LogP contribution in [0.1, 0.15) is 24.2 Å². The van der Waals surface area contributed by atoms with Crippen molar-refractivity contribution in [3.63, 3.8) is 0 Å². The molecule has 0 amide bonds. The molecule has 1 fully saturated rings. The summed E-state index contributed by atoms with van der Waals surface area (Å²) in [6, 6.07) is 3.79. The van der Waals surface area contributed by atoms with Crippen LogP contribution in [0.3, 0.4) is 0 Å². The summed E-state index contributed by atoms with van der Waals surface area (Å²) in [4.78, 5) is 20.2. The second-order valence-electron chi connectivity index (χ2n) is 7.32. The predicted octanol–water partition coefficient (Wildman–Crippen LogP) is 2.61. The lowest BCUT2D eigenvalue weighted by Gasteiger charge is -2.32. The van der Waals surface area contributed by atoms with Crippen molar-refractivity contribution in [1.29, 1.82) is 0 Å². The fourth-order valence-electron chi connectivity index (χ4n) is 3.83. The Bertz CT molecular complexity index is 937. The minimum absolute atomic E-state index is 0.506. The van der Waals surface area contributed by atoms with E-state index in [2.05, 4.69) is 37.2 Å². The highest BCUT2D eigenvalue weighted by molar-refractivity contribution is 5.65. The van der Waals surface area contributed by atoms with Crippen molar-refractivity contribution in [3.8, 4) is 11.3 Å². The number of aromatic nitrogens is 6. The maximum atomic E-state index is 4.73. The van der Waals surface area contributed by atoms with E-state index in [4.69, 9.17) is 4.98 Å². The molecular weight excluding hydrogens is 352 g/mol. The Morgan fingerprint density at radius 1 is 1.14 bits per heavy atom. The van der Waals surface area contributed by atoms with Crippen LogP contribution in [0, 0.1) is 19.8 Å². The first-order valence-corrected chi connectivity index (χ1v) is 9.71. The van der Waals surface area contributed by atoms with E-state index in [1.807, 2.05) is 37.0 Å². The lowest BCUT2D eigenvalue weighted by Crippen LogP contribution is -2.39. The first kappa shape index (κ1) is 18.3. The summed E-state index contributed by atoms with van der Waals surface area (Å²) >= 11 is 0. The van der Waals surface area contributed by atoms with E-state index in [-0.39, 0.29) is 0 Å². The van der Waals surface area contributed by atoms with Gasteiger partial charge in [0.15, 0.2) is 0 Å². The molecule has 0 spiro atoms. The van der Waals surface area contributed by atoms with Crippen LogP contribution in [0.15, 0.2) is 30.7 Å². The number of nitrogens with zero attached hydrogens (tertiary/aromatic N) is 7. The molecule has 1 saturated heterocycles. The second-order valence-corrected chi connectivity index (χ2v) is 7.32. The average Bonchev–Trinajstić information content (AvgIpc) is 2.99. The Balaban J connectivity index is 1.43. The fourth-order valence-corrected chi connectivity index (χ4v) is 3.83. The number of aryl methyl sites for hydroxylation is 2. The largest absolute Gasteiger partial charge is 0.354 e. The first-order chi connectivity index (χ1) is 13.6. The summed E-state index contributed by atoms with van der Waals surface area (Å²) in [6.45, 7) is 6.86. The van der Waals surface area contributed by atoms with Gasteiger partial charge in [0, 0.05) is 56.5 Å². The maximum Gasteiger partial charge on any atom is 0.225 e. The molecule has 0 radical (unpaired) electrons. The smallest absolute Gasteiger partial charge is 0.225 e. The van der Waals surface area contributed by atoms with E-state index in [9.17, 15) is 0 Å². The van der Waals surface area contributed by atoms with Gasteiger partial charge >= 0.3 is 0 Å². The third kappa shape index (κ3) is 3.81. The van der Waals surface area contributed by atoms with E-state index in [0.717, 1.165) is 54.6 Å². The van der Waals surface area contributed by atoms with Gasteiger partial charge in [0.25, 0.3) is 0 Å². The van der Waals surface area contributed by atoms with Gasteiger partial charge in [-0.2, -0.15) is 5.10 Å². The van der Waals surface area contributed by atoms with Crippen LogP contribution in [-0.4, -0.2) is 49.4 Å². The average molecular weight is 378 g/mol. The Labute approximate surface area is 165 Å². The normalized spacial score (nSPS) is 17.0. The molecule has 1 aliphatic rings. The molecule has 146 valence electrons. The molecule has 3 aromatic rings. The number of piperidine rings is 1. The van der Waals surface area contributed by atoms with Crippen molar-refractivity contribution < 1.29 is 0 Å². The molecule has 8 heteroatoms. The quantitative estimate of drug-likeness (QED) is 0.730. The molecule has 1 N–H and O–H groups in total. The van der Waals surface area contributed by atoms with Crippen LogP contribution in [0.2, 0.25) is 0 Å². The van der Waals surface area contributed by atoms with Crippen molar-refractivity contribution >= 4 is 11.9 Å². The highest BCUT2D eigenvalue weighted by Gasteiger charge is 2.22. The van der Waals surface area contributed by atoms with Crippen molar-refractivity contribution in [2.75, 3.05) is 29.9 Å². The third-order valence-electron chi connectivity index (χ3n) is 5.32. The molecule has 8 nitrogen and oxygen atoms in total. The fraction of sp³-hybridized carbons (Fsp3) is 0.450. The third-order valence-corrected chi connectivity index (χ3v) is 5.32. The van der Waals surface area contributed by atoms with Crippen molar-refractivity contribution in [3.05, 3.63) is 42.1 Å². The SMILES string of the molecule is Cc1nn(C)c(C)c1-c1ccnc(NC[C@@H]2CCCN(c3ncccn3)C2)n1. The number of nitrogens with one attached hydrogen (secondary N) is 1. The zero-order chi connectivity index (χ0) is 19.5. The Morgan fingerprint density at radius 2 is 1.96 bits per heavy atom. The molecule has 0 aliphatic carbocycles. The van der Waals surface area contributed by atoms with Crippen molar-refractivity contribution in [1.82, 2.24) is 29.7 Å². The highest BCUT2D eigenvalue weighted by Crippen LogP contribution is 2.25. The van der Waals surface area contributed by atoms with Crippen molar-refractivity contribution in [2.24, 2.45) is 13.0 Å². The molecule has 0 saturated carbocycles. The summed E-state index contributed by atoms with van der Waals surface area (Å²) in [5.74, 6) is 1.98. The van der Waals surface area contributed by atoms with Gasteiger partial charge in [-0.25, -0.2) is 19.9 Å². The molecule has 1 atom stereocenters.